The first-order valence-corrected chi connectivity index (χ1v) is 11.7. The number of anilines is 1. The molecule has 1 unspecified atom stereocenters. The molecule has 1 amide bonds. The number of aryl methyl sites for hydroxylation is 2. The van der Waals surface area contributed by atoms with Crippen LogP contribution in [0.2, 0.25) is 0 Å². The topological polar surface area (TPSA) is 90.2 Å². The van der Waals surface area contributed by atoms with Gasteiger partial charge in [0.15, 0.2) is 17.1 Å². The number of thiazole rings is 1. The number of carbonyl (C=O) groups is 2. The second-order valence-corrected chi connectivity index (χ2v) is 8.98. The molecule has 3 heterocycles. The minimum atomic E-state index is -0.927. The minimum Gasteiger partial charge on any atom is -0.449 e. The van der Waals surface area contributed by atoms with Crippen LogP contribution in [0.4, 0.5) is 5.13 Å². The summed E-state index contributed by atoms with van der Waals surface area (Å²) in [6.45, 7) is 5.47. The van der Waals surface area contributed by atoms with E-state index in [1.807, 2.05) is 25.3 Å². The van der Waals surface area contributed by atoms with Crippen LogP contribution in [0, 0.1) is 13.8 Å². The molecule has 0 saturated heterocycles. The highest BCUT2D eigenvalue weighted by atomic mass is 32.1. The van der Waals surface area contributed by atoms with Crippen molar-refractivity contribution < 1.29 is 14.3 Å². The van der Waals surface area contributed by atoms with Crippen LogP contribution in [0.25, 0.3) is 5.82 Å². The van der Waals surface area contributed by atoms with Gasteiger partial charge in [-0.15, -0.1) is 11.3 Å². The summed E-state index contributed by atoms with van der Waals surface area (Å²) in [5, 5.41) is 6.90. The summed E-state index contributed by atoms with van der Waals surface area (Å²) in [5.74, 6) is -0.211. The van der Waals surface area contributed by atoms with Crippen LogP contribution in [0.3, 0.4) is 0 Å². The van der Waals surface area contributed by atoms with Gasteiger partial charge in [-0.2, -0.15) is 5.10 Å². The number of ether oxygens (including phenoxy) is 1. The van der Waals surface area contributed by atoms with Crippen LogP contribution < -0.4 is 4.90 Å². The van der Waals surface area contributed by atoms with E-state index in [2.05, 4.69) is 15.1 Å². The fourth-order valence-electron chi connectivity index (χ4n) is 4.07. The molecule has 9 heteroatoms. The van der Waals surface area contributed by atoms with E-state index in [9.17, 15) is 9.59 Å². The molecular weight excluding hydrogens is 426 g/mol. The molecule has 0 N–H and O–H groups in total. The number of hydrogen-bond donors (Lipinski definition) is 0. The van der Waals surface area contributed by atoms with Gasteiger partial charge in [0.2, 0.25) is 0 Å². The Kier molecular flexibility index (Phi) is 6.64. The van der Waals surface area contributed by atoms with Gasteiger partial charge in [0.25, 0.3) is 5.91 Å². The van der Waals surface area contributed by atoms with Crippen molar-refractivity contribution in [2.75, 3.05) is 4.90 Å². The van der Waals surface area contributed by atoms with E-state index in [-0.39, 0.29) is 17.5 Å². The third-order valence-corrected chi connectivity index (χ3v) is 6.42. The third-order valence-electron chi connectivity index (χ3n) is 5.64. The van der Waals surface area contributed by atoms with E-state index in [0.717, 1.165) is 37.1 Å². The minimum absolute atomic E-state index is 0.0882. The second kappa shape index (κ2) is 9.60. The van der Waals surface area contributed by atoms with Crippen LogP contribution in [0.15, 0.2) is 36.0 Å². The highest BCUT2D eigenvalue weighted by molar-refractivity contribution is 7.13. The summed E-state index contributed by atoms with van der Waals surface area (Å²) < 4.78 is 7.24. The van der Waals surface area contributed by atoms with Crippen molar-refractivity contribution in [3.05, 3.63) is 52.9 Å². The standard InChI is InChI=1S/C23H27N5O3S/c1-15-13-16(2)28(26-15)20-10-9-18(14-25-20)22(30)31-17(3)21(29)27(23-24-11-12-32-23)19-7-5-4-6-8-19/h9-14,17,19H,4-8H2,1-3H3. The van der Waals surface area contributed by atoms with Crippen LogP contribution >= 0.6 is 11.3 Å². The first-order valence-electron chi connectivity index (χ1n) is 10.9. The fourth-order valence-corrected chi connectivity index (χ4v) is 4.79. The lowest BCUT2D eigenvalue weighted by Crippen LogP contribution is -2.47. The number of amides is 1. The van der Waals surface area contributed by atoms with E-state index in [4.69, 9.17) is 4.74 Å². The number of aromatic nitrogens is 4. The molecule has 1 fully saturated rings. The average molecular weight is 454 g/mol. The molecule has 4 rings (SSSR count). The SMILES string of the molecule is Cc1cc(C)n(-c2ccc(C(=O)OC(C)C(=O)N(c3nccs3)C3CCCCC3)cn2)n1. The maximum Gasteiger partial charge on any atom is 0.340 e. The van der Waals surface area contributed by atoms with Crippen molar-refractivity contribution in [3.8, 4) is 5.82 Å². The molecule has 32 heavy (non-hydrogen) atoms. The molecule has 0 aromatic carbocycles. The lowest BCUT2D eigenvalue weighted by molar-refractivity contribution is -0.127. The Balaban J connectivity index is 1.46. The van der Waals surface area contributed by atoms with Crippen molar-refractivity contribution in [3.63, 3.8) is 0 Å². The largest absolute Gasteiger partial charge is 0.449 e. The Labute approximate surface area is 191 Å². The quantitative estimate of drug-likeness (QED) is 0.518. The third kappa shape index (κ3) is 4.72. The fraction of sp³-hybridized carbons (Fsp3) is 0.435. The van der Waals surface area contributed by atoms with Gasteiger partial charge >= 0.3 is 5.97 Å². The van der Waals surface area contributed by atoms with Crippen molar-refractivity contribution >= 4 is 28.3 Å². The molecule has 1 aliphatic rings. The normalized spacial score (nSPS) is 15.3. The summed E-state index contributed by atoms with van der Waals surface area (Å²) in [4.78, 5) is 36.4. The number of esters is 1. The summed E-state index contributed by atoms with van der Waals surface area (Å²) in [7, 11) is 0. The maximum absolute atomic E-state index is 13.3. The lowest BCUT2D eigenvalue weighted by atomic mass is 9.94. The highest BCUT2D eigenvalue weighted by Gasteiger charge is 2.33. The Morgan fingerprint density at radius 1 is 1.19 bits per heavy atom. The van der Waals surface area contributed by atoms with Gasteiger partial charge in [-0.05, 0) is 51.8 Å². The van der Waals surface area contributed by atoms with Crippen molar-refractivity contribution in [2.45, 2.75) is 65.0 Å². The smallest absolute Gasteiger partial charge is 0.340 e. The van der Waals surface area contributed by atoms with E-state index < -0.39 is 12.1 Å². The Bertz CT molecular complexity index is 1070. The van der Waals surface area contributed by atoms with Gasteiger partial charge in [0.1, 0.15) is 0 Å². The van der Waals surface area contributed by atoms with Gasteiger partial charge in [-0.1, -0.05) is 19.3 Å². The molecule has 1 saturated carbocycles. The molecule has 0 bridgehead atoms. The summed E-state index contributed by atoms with van der Waals surface area (Å²) in [6, 6.07) is 5.40. The number of hydrogen-bond acceptors (Lipinski definition) is 7. The van der Waals surface area contributed by atoms with E-state index >= 15 is 0 Å². The first-order chi connectivity index (χ1) is 15.4. The van der Waals surface area contributed by atoms with Gasteiger partial charge < -0.3 is 4.74 Å². The molecule has 0 radical (unpaired) electrons. The zero-order valence-corrected chi connectivity index (χ0v) is 19.3. The van der Waals surface area contributed by atoms with Crippen LogP contribution in [0.1, 0.15) is 60.8 Å². The predicted octanol–water partition coefficient (Wildman–Crippen LogP) is 4.25. The molecule has 8 nitrogen and oxygen atoms in total. The first kappa shape index (κ1) is 22.1. The van der Waals surface area contributed by atoms with Crippen LogP contribution in [-0.4, -0.2) is 43.8 Å². The molecule has 168 valence electrons. The second-order valence-electron chi connectivity index (χ2n) is 8.11. The Morgan fingerprint density at radius 3 is 2.56 bits per heavy atom. The Morgan fingerprint density at radius 2 is 1.97 bits per heavy atom. The molecule has 0 spiro atoms. The zero-order chi connectivity index (χ0) is 22.7. The zero-order valence-electron chi connectivity index (χ0n) is 18.5. The van der Waals surface area contributed by atoms with E-state index in [1.165, 1.54) is 24.0 Å². The van der Waals surface area contributed by atoms with E-state index in [0.29, 0.717) is 10.9 Å². The molecule has 3 aromatic heterocycles. The highest BCUT2D eigenvalue weighted by Crippen LogP contribution is 2.29. The van der Waals surface area contributed by atoms with Crippen molar-refractivity contribution in [1.29, 1.82) is 0 Å². The number of rotatable bonds is 6. The molecule has 0 aliphatic heterocycles. The molecule has 1 aliphatic carbocycles. The van der Waals surface area contributed by atoms with E-state index in [1.54, 1.807) is 34.8 Å². The Hall–Kier alpha value is -3.07. The van der Waals surface area contributed by atoms with Crippen molar-refractivity contribution in [2.24, 2.45) is 0 Å². The van der Waals surface area contributed by atoms with Gasteiger partial charge in [-0.25, -0.2) is 19.4 Å². The molecule has 3 aromatic rings. The summed E-state index contributed by atoms with van der Waals surface area (Å²) in [5.41, 5.74) is 2.13. The van der Waals surface area contributed by atoms with Gasteiger partial charge in [-0.3, -0.25) is 9.69 Å². The number of nitrogens with zero attached hydrogens (tertiary/aromatic N) is 5. The molecular formula is C23H27N5O3S. The monoisotopic (exact) mass is 453 g/mol. The van der Waals surface area contributed by atoms with Gasteiger partial charge in [0.05, 0.1) is 11.3 Å². The number of carbonyl (C=O) groups excluding carboxylic acids is 2. The van der Waals surface area contributed by atoms with Crippen molar-refractivity contribution in [1.82, 2.24) is 19.7 Å². The summed E-state index contributed by atoms with van der Waals surface area (Å²) in [6.07, 6.45) is 7.43. The maximum atomic E-state index is 13.3. The lowest BCUT2D eigenvalue weighted by Gasteiger charge is -2.33. The van der Waals surface area contributed by atoms with Crippen LogP contribution in [0.5, 0.6) is 0 Å². The summed E-state index contributed by atoms with van der Waals surface area (Å²) >= 11 is 1.42. The average Bonchev–Trinajstić information content (AvgIpc) is 3.44. The number of pyridine rings is 1. The molecule has 1 atom stereocenters. The van der Waals surface area contributed by atoms with Gasteiger partial charge in [0, 0.05) is 29.5 Å². The van der Waals surface area contributed by atoms with Crippen LogP contribution in [-0.2, 0) is 9.53 Å². The predicted molar refractivity (Wildman–Crippen MR) is 122 cm³/mol.